The number of rotatable bonds is 2. The van der Waals surface area contributed by atoms with Gasteiger partial charge in [0.15, 0.2) is 0 Å². The minimum absolute atomic E-state index is 0.702. The second kappa shape index (κ2) is 6.99. The van der Waals surface area contributed by atoms with Gasteiger partial charge in [-0.15, -0.1) is 0 Å². The summed E-state index contributed by atoms with van der Waals surface area (Å²) in [5.41, 5.74) is 7.39. The zero-order chi connectivity index (χ0) is 21.9. The van der Waals surface area contributed by atoms with Gasteiger partial charge in [0.25, 0.3) is 0 Å². The number of hydrogen-bond acceptors (Lipinski definition) is 1. The number of para-hydroxylation sites is 3. The third-order valence-electron chi connectivity index (χ3n) is 6.49. The average Bonchev–Trinajstić information content (AvgIpc) is 3.41. The quantitative estimate of drug-likeness (QED) is 0.260. The SMILES string of the molecule is Clc1cccc2oc3cccc(-c4ccccc4-n4c5ccccc5c5ccccc54)c3c12. The predicted octanol–water partition coefficient (Wildman–Crippen LogP) is 9.00. The Bertz CT molecular complexity index is 1790. The van der Waals surface area contributed by atoms with Crippen molar-refractivity contribution in [2.75, 3.05) is 0 Å². The molecule has 0 aliphatic heterocycles. The highest BCUT2D eigenvalue weighted by molar-refractivity contribution is 6.38. The summed E-state index contributed by atoms with van der Waals surface area (Å²) in [5, 5.41) is 5.21. The van der Waals surface area contributed by atoms with E-state index in [9.17, 15) is 0 Å². The Morgan fingerprint density at radius 3 is 1.85 bits per heavy atom. The van der Waals surface area contributed by atoms with Gasteiger partial charge in [0.2, 0.25) is 0 Å². The summed E-state index contributed by atoms with van der Waals surface area (Å²) in [6, 6.07) is 37.8. The third-order valence-corrected chi connectivity index (χ3v) is 6.80. The second-order valence-electron chi connectivity index (χ2n) is 8.28. The van der Waals surface area contributed by atoms with Crippen molar-refractivity contribution in [2.24, 2.45) is 0 Å². The van der Waals surface area contributed by atoms with E-state index in [0.29, 0.717) is 5.02 Å². The molecule has 7 aromatic rings. The number of nitrogens with zero attached hydrogens (tertiary/aromatic N) is 1. The van der Waals surface area contributed by atoms with Crippen molar-refractivity contribution in [3.05, 3.63) is 114 Å². The van der Waals surface area contributed by atoms with Crippen LogP contribution < -0.4 is 0 Å². The van der Waals surface area contributed by atoms with E-state index in [-0.39, 0.29) is 0 Å². The molecule has 7 rings (SSSR count). The van der Waals surface area contributed by atoms with Gasteiger partial charge >= 0.3 is 0 Å². The van der Waals surface area contributed by atoms with Gasteiger partial charge in [-0.25, -0.2) is 0 Å². The summed E-state index contributed by atoms with van der Waals surface area (Å²) in [7, 11) is 0. The van der Waals surface area contributed by atoms with Crippen LogP contribution in [0.1, 0.15) is 0 Å². The number of benzene rings is 5. The molecule has 2 nitrogen and oxygen atoms in total. The van der Waals surface area contributed by atoms with Crippen molar-refractivity contribution in [1.29, 1.82) is 0 Å². The Hall–Kier alpha value is -4.01. The summed E-state index contributed by atoms with van der Waals surface area (Å²) in [6.07, 6.45) is 0. The molecule has 0 saturated carbocycles. The lowest BCUT2D eigenvalue weighted by Crippen LogP contribution is -1.97. The van der Waals surface area contributed by atoms with E-state index in [4.69, 9.17) is 16.0 Å². The molecule has 0 unspecified atom stereocenters. The van der Waals surface area contributed by atoms with Crippen molar-refractivity contribution < 1.29 is 4.42 Å². The van der Waals surface area contributed by atoms with E-state index >= 15 is 0 Å². The monoisotopic (exact) mass is 443 g/mol. The smallest absolute Gasteiger partial charge is 0.136 e. The summed E-state index contributed by atoms with van der Waals surface area (Å²) < 4.78 is 8.54. The molecule has 0 aliphatic rings. The number of aromatic nitrogens is 1. The largest absolute Gasteiger partial charge is 0.456 e. The lowest BCUT2D eigenvalue weighted by molar-refractivity contribution is 0.669. The first-order valence-electron chi connectivity index (χ1n) is 11.0. The van der Waals surface area contributed by atoms with Crippen LogP contribution in [-0.4, -0.2) is 4.57 Å². The molecular formula is C30H18ClNO. The average molecular weight is 444 g/mol. The zero-order valence-corrected chi connectivity index (χ0v) is 18.4. The third kappa shape index (κ3) is 2.62. The van der Waals surface area contributed by atoms with Gasteiger partial charge < -0.3 is 8.98 Å². The molecule has 0 amide bonds. The van der Waals surface area contributed by atoms with Crippen LogP contribution in [0.15, 0.2) is 114 Å². The molecule has 0 fully saturated rings. The van der Waals surface area contributed by atoms with Crippen molar-refractivity contribution in [2.45, 2.75) is 0 Å². The Balaban J connectivity index is 1.63. The van der Waals surface area contributed by atoms with Crippen LogP contribution in [0.4, 0.5) is 0 Å². The molecule has 156 valence electrons. The van der Waals surface area contributed by atoms with Crippen LogP contribution in [0.5, 0.6) is 0 Å². The Morgan fingerprint density at radius 2 is 1.09 bits per heavy atom. The number of furan rings is 1. The Labute approximate surface area is 195 Å². The fraction of sp³-hybridized carbons (Fsp3) is 0. The molecule has 2 aromatic heterocycles. The number of hydrogen-bond donors (Lipinski definition) is 0. The van der Waals surface area contributed by atoms with Gasteiger partial charge in [-0.05, 0) is 42.0 Å². The van der Waals surface area contributed by atoms with Gasteiger partial charge in [-0.3, -0.25) is 0 Å². The number of halogens is 1. The summed E-state index contributed by atoms with van der Waals surface area (Å²) >= 11 is 6.67. The summed E-state index contributed by atoms with van der Waals surface area (Å²) in [5.74, 6) is 0. The van der Waals surface area contributed by atoms with Crippen molar-refractivity contribution in [3.8, 4) is 16.8 Å². The maximum absolute atomic E-state index is 6.67. The van der Waals surface area contributed by atoms with Gasteiger partial charge in [0.05, 0.1) is 21.7 Å². The summed E-state index contributed by atoms with van der Waals surface area (Å²) in [4.78, 5) is 0. The van der Waals surface area contributed by atoms with Crippen molar-refractivity contribution >= 4 is 55.3 Å². The molecule has 0 radical (unpaired) electrons. The fourth-order valence-corrected chi connectivity index (χ4v) is 5.39. The molecule has 0 aliphatic carbocycles. The highest BCUT2D eigenvalue weighted by Gasteiger charge is 2.19. The van der Waals surface area contributed by atoms with Crippen LogP contribution in [0.3, 0.4) is 0 Å². The summed E-state index contributed by atoms with van der Waals surface area (Å²) in [6.45, 7) is 0. The molecule has 5 aromatic carbocycles. The first-order chi connectivity index (χ1) is 16.3. The maximum atomic E-state index is 6.67. The van der Waals surface area contributed by atoms with Crippen molar-refractivity contribution in [1.82, 2.24) is 4.57 Å². The molecule has 0 spiro atoms. The van der Waals surface area contributed by atoms with Gasteiger partial charge in [0.1, 0.15) is 11.2 Å². The van der Waals surface area contributed by atoms with Gasteiger partial charge in [-0.1, -0.05) is 84.4 Å². The van der Waals surface area contributed by atoms with E-state index in [1.807, 2.05) is 24.3 Å². The topological polar surface area (TPSA) is 18.1 Å². The lowest BCUT2D eigenvalue weighted by Gasteiger charge is -2.15. The lowest BCUT2D eigenvalue weighted by atomic mass is 9.97. The molecule has 33 heavy (non-hydrogen) atoms. The molecule has 3 heteroatoms. The highest BCUT2D eigenvalue weighted by atomic mass is 35.5. The van der Waals surface area contributed by atoms with E-state index in [2.05, 4.69) is 89.5 Å². The second-order valence-corrected chi connectivity index (χ2v) is 8.69. The van der Waals surface area contributed by atoms with E-state index in [1.54, 1.807) is 0 Å². The van der Waals surface area contributed by atoms with Crippen LogP contribution in [-0.2, 0) is 0 Å². The van der Waals surface area contributed by atoms with Gasteiger partial charge in [0, 0.05) is 27.1 Å². The van der Waals surface area contributed by atoms with Crippen molar-refractivity contribution in [3.63, 3.8) is 0 Å². The fourth-order valence-electron chi connectivity index (χ4n) is 5.13. The maximum Gasteiger partial charge on any atom is 0.136 e. The Morgan fingerprint density at radius 1 is 0.515 bits per heavy atom. The van der Waals surface area contributed by atoms with Crippen LogP contribution >= 0.6 is 11.6 Å². The molecule has 2 heterocycles. The van der Waals surface area contributed by atoms with Crippen LogP contribution in [0, 0.1) is 0 Å². The molecule has 0 atom stereocenters. The zero-order valence-electron chi connectivity index (χ0n) is 17.6. The normalized spacial score (nSPS) is 11.8. The Kier molecular flexibility index (Phi) is 3.93. The van der Waals surface area contributed by atoms with E-state index < -0.39 is 0 Å². The van der Waals surface area contributed by atoms with E-state index in [1.165, 1.54) is 21.8 Å². The highest BCUT2D eigenvalue weighted by Crippen LogP contribution is 2.42. The van der Waals surface area contributed by atoms with Gasteiger partial charge in [-0.2, -0.15) is 0 Å². The standard InChI is InChI=1S/C30H18ClNO/c31-23-13-8-18-28-30(23)29-22(12-7-17-27(29)33-28)21-11-3-6-16-26(21)32-24-14-4-1-9-19(24)20-10-2-5-15-25(20)32/h1-18H. The molecule has 0 N–H and O–H groups in total. The number of fused-ring (bicyclic) bond motifs is 6. The molecule has 0 saturated heterocycles. The van der Waals surface area contributed by atoms with E-state index in [0.717, 1.165) is 38.8 Å². The minimum Gasteiger partial charge on any atom is -0.456 e. The first-order valence-corrected chi connectivity index (χ1v) is 11.4. The van der Waals surface area contributed by atoms with Crippen LogP contribution in [0.2, 0.25) is 5.02 Å². The molecule has 0 bridgehead atoms. The minimum atomic E-state index is 0.702. The van der Waals surface area contributed by atoms with Crippen LogP contribution in [0.25, 0.3) is 60.6 Å². The predicted molar refractivity (Wildman–Crippen MR) is 139 cm³/mol. The first kappa shape index (κ1) is 18.6. The molecular weight excluding hydrogens is 426 g/mol.